The molecule has 0 radical (unpaired) electrons. The number of anilines is 1. The van der Waals surface area contributed by atoms with Crippen LogP contribution in [0.25, 0.3) is 0 Å². The lowest BCUT2D eigenvalue weighted by Gasteiger charge is -2.53. The smallest absolute Gasteiger partial charge is 0.322 e. The highest BCUT2D eigenvalue weighted by Gasteiger charge is 2.50. The molecule has 5 nitrogen and oxygen atoms in total. The van der Waals surface area contributed by atoms with Gasteiger partial charge in [-0.1, -0.05) is 6.07 Å². The van der Waals surface area contributed by atoms with Crippen molar-refractivity contribution in [3.05, 3.63) is 29.8 Å². The third kappa shape index (κ3) is 2.78. The molecule has 1 N–H and O–H groups in total. The number of hydrogen-bond acceptors (Lipinski definition) is 3. The van der Waals surface area contributed by atoms with E-state index in [1.54, 1.807) is 0 Å². The maximum absolute atomic E-state index is 13.5. The fourth-order valence-corrected chi connectivity index (χ4v) is 2.63. The number of nitrogens with zero attached hydrogens (tertiary/aromatic N) is 1. The molecule has 1 spiro atoms. The van der Waals surface area contributed by atoms with E-state index in [9.17, 15) is 13.6 Å². The molecule has 7 heteroatoms. The molecule has 2 aliphatic rings. The predicted octanol–water partition coefficient (Wildman–Crippen LogP) is 2.58. The van der Waals surface area contributed by atoms with Crippen LogP contribution in [0.1, 0.15) is 13.8 Å². The molecule has 0 unspecified atom stereocenters. The van der Waals surface area contributed by atoms with Crippen molar-refractivity contribution in [1.82, 2.24) is 4.90 Å². The average Bonchev–Trinajstić information content (AvgIpc) is 2.41. The number of rotatable bonds is 1. The second-order valence-electron chi connectivity index (χ2n) is 6.36. The van der Waals surface area contributed by atoms with Crippen molar-refractivity contribution in [2.24, 2.45) is 5.41 Å². The van der Waals surface area contributed by atoms with E-state index in [0.29, 0.717) is 26.3 Å². The number of amides is 2. The van der Waals surface area contributed by atoms with Crippen molar-refractivity contribution >= 4 is 11.7 Å². The third-order valence-electron chi connectivity index (χ3n) is 3.99. The van der Waals surface area contributed by atoms with Crippen LogP contribution in [0.15, 0.2) is 18.2 Å². The molecule has 0 atom stereocenters. The molecule has 1 aromatic rings. The molecule has 2 heterocycles. The van der Waals surface area contributed by atoms with Gasteiger partial charge in [-0.25, -0.2) is 13.6 Å². The Hall–Kier alpha value is -1.73. The van der Waals surface area contributed by atoms with Crippen molar-refractivity contribution in [1.29, 1.82) is 0 Å². The quantitative estimate of drug-likeness (QED) is 0.867. The normalized spacial score (nSPS) is 22.3. The first-order chi connectivity index (χ1) is 10.3. The summed E-state index contributed by atoms with van der Waals surface area (Å²) in [6.07, 6.45) is 0. The van der Waals surface area contributed by atoms with Gasteiger partial charge in [0.1, 0.15) is 17.3 Å². The number of carbonyl (C=O) groups excluding carboxylic acids is 1. The van der Waals surface area contributed by atoms with Crippen LogP contribution in [0, 0.1) is 17.0 Å². The summed E-state index contributed by atoms with van der Waals surface area (Å²) < 4.78 is 38.2. The number of urea groups is 1. The van der Waals surface area contributed by atoms with E-state index in [-0.39, 0.29) is 5.41 Å². The fourth-order valence-electron chi connectivity index (χ4n) is 2.63. The number of benzene rings is 1. The van der Waals surface area contributed by atoms with Crippen molar-refractivity contribution in [3.63, 3.8) is 0 Å². The van der Waals surface area contributed by atoms with Crippen molar-refractivity contribution in [2.75, 3.05) is 31.6 Å². The van der Waals surface area contributed by atoms with Crippen LogP contribution in [-0.2, 0) is 9.47 Å². The molecule has 0 aliphatic carbocycles. The topological polar surface area (TPSA) is 50.8 Å². The van der Waals surface area contributed by atoms with Gasteiger partial charge in [0.25, 0.3) is 0 Å². The fraction of sp³-hybridized carbons (Fsp3) is 0.533. The van der Waals surface area contributed by atoms with Crippen LogP contribution in [0.5, 0.6) is 0 Å². The minimum Gasteiger partial charge on any atom is -0.350 e. The second-order valence-corrected chi connectivity index (χ2v) is 6.36. The highest BCUT2D eigenvalue weighted by Crippen LogP contribution is 2.37. The van der Waals surface area contributed by atoms with Gasteiger partial charge in [-0.15, -0.1) is 0 Å². The van der Waals surface area contributed by atoms with Gasteiger partial charge in [-0.05, 0) is 26.0 Å². The molecule has 3 rings (SSSR count). The molecule has 120 valence electrons. The van der Waals surface area contributed by atoms with Gasteiger partial charge in [0.05, 0.1) is 18.6 Å². The summed E-state index contributed by atoms with van der Waals surface area (Å²) in [6, 6.07) is 2.92. The maximum Gasteiger partial charge on any atom is 0.322 e. The van der Waals surface area contributed by atoms with E-state index in [2.05, 4.69) is 5.32 Å². The Morgan fingerprint density at radius 3 is 2.27 bits per heavy atom. The number of carbonyl (C=O) groups is 1. The van der Waals surface area contributed by atoms with E-state index >= 15 is 0 Å². The number of halogens is 2. The van der Waals surface area contributed by atoms with E-state index in [4.69, 9.17) is 9.47 Å². The van der Waals surface area contributed by atoms with E-state index < -0.39 is 29.1 Å². The van der Waals surface area contributed by atoms with Crippen LogP contribution in [-0.4, -0.2) is 43.0 Å². The zero-order chi connectivity index (χ0) is 16.0. The summed E-state index contributed by atoms with van der Waals surface area (Å²) >= 11 is 0. The lowest BCUT2D eigenvalue weighted by molar-refractivity contribution is -0.301. The first-order valence-electron chi connectivity index (χ1n) is 7.08. The summed E-state index contributed by atoms with van der Waals surface area (Å²) in [4.78, 5) is 13.5. The van der Waals surface area contributed by atoms with Gasteiger partial charge in [-0.3, -0.25) is 0 Å². The second kappa shape index (κ2) is 5.17. The third-order valence-corrected chi connectivity index (χ3v) is 3.99. The average molecular weight is 312 g/mol. The number of likely N-dealkylation sites (tertiary alicyclic amines) is 1. The lowest BCUT2D eigenvalue weighted by atomic mass is 9.81. The van der Waals surface area contributed by atoms with Crippen LogP contribution in [0.4, 0.5) is 19.3 Å². The summed E-state index contributed by atoms with van der Waals surface area (Å²) in [5.41, 5.74) is -0.647. The number of nitrogens with one attached hydrogen (secondary N) is 1. The largest absolute Gasteiger partial charge is 0.350 e. The predicted molar refractivity (Wildman–Crippen MR) is 75.4 cm³/mol. The molecule has 2 aliphatic heterocycles. The Morgan fingerprint density at radius 2 is 1.73 bits per heavy atom. The van der Waals surface area contributed by atoms with Crippen molar-refractivity contribution in [2.45, 2.75) is 19.6 Å². The molecule has 1 aromatic carbocycles. The van der Waals surface area contributed by atoms with Gasteiger partial charge >= 0.3 is 6.03 Å². The summed E-state index contributed by atoms with van der Waals surface area (Å²) in [7, 11) is 0. The minimum absolute atomic E-state index is 0.222. The monoisotopic (exact) mass is 312 g/mol. The highest BCUT2D eigenvalue weighted by atomic mass is 19.1. The SMILES string of the molecule is CC1(C)OCC2(CO1)CN(C(=O)Nc1c(F)cccc1F)C2. The maximum atomic E-state index is 13.5. The highest BCUT2D eigenvalue weighted by molar-refractivity contribution is 5.90. The van der Waals surface area contributed by atoms with Crippen LogP contribution < -0.4 is 5.32 Å². The van der Waals surface area contributed by atoms with Crippen LogP contribution in [0.3, 0.4) is 0 Å². The molecule has 0 bridgehead atoms. The van der Waals surface area contributed by atoms with Crippen molar-refractivity contribution < 1.29 is 23.0 Å². The summed E-state index contributed by atoms with van der Waals surface area (Å²) in [5.74, 6) is -2.20. The Labute approximate surface area is 127 Å². The van der Waals surface area contributed by atoms with Gasteiger partial charge in [0.2, 0.25) is 0 Å². The van der Waals surface area contributed by atoms with Gasteiger partial charge in [0, 0.05) is 13.1 Å². The van der Waals surface area contributed by atoms with Gasteiger partial charge < -0.3 is 19.7 Å². The Bertz CT molecular complexity index is 568. The standard InChI is InChI=1S/C15H18F2N2O3/c1-14(2)21-8-15(9-22-14)6-19(7-15)13(20)18-12-10(16)4-3-5-11(12)17/h3-5H,6-9H2,1-2H3,(H,18,20). The van der Waals surface area contributed by atoms with Crippen molar-refractivity contribution in [3.8, 4) is 0 Å². The molecule has 0 saturated carbocycles. The van der Waals surface area contributed by atoms with Gasteiger partial charge in [-0.2, -0.15) is 0 Å². The number of ether oxygens (including phenoxy) is 2. The van der Waals surface area contributed by atoms with E-state index in [1.165, 1.54) is 11.0 Å². The number of para-hydroxylation sites is 1. The Balaban J connectivity index is 1.58. The van der Waals surface area contributed by atoms with Crippen LogP contribution in [0.2, 0.25) is 0 Å². The molecule has 22 heavy (non-hydrogen) atoms. The first-order valence-corrected chi connectivity index (χ1v) is 7.08. The number of hydrogen-bond donors (Lipinski definition) is 1. The molecular formula is C15H18F2N2O3. The molecular weight excluding hydrogens is 294 g/mol. The van der Waals surface area contributed by atoms with Crippen LogP contribution >= 0.6 is 0 Å². The zero-order valence-electron chi connectivity index (χ0n) is 12.5. The first kappa shape index (κ1) is 15.2. The lowest BCUT2D eigenvalue weighted by Crippen LogP contribution is -2.66. The summed E-state index contributed by atoms with van der Waals surface area (Å²) in [6.45, 7) is 5.54. The molecule has 2 saturated heterocycles. The minimum atomic E-state index is -0.797. The Morgan fingerprint density at radius 1 is 1.18 bits per heavy atom. The molecule has 2 fully saturated rings. The van der Waals surface area contributed by atoms with Gasteiger partial charge in [0.15, 0.2) is 5.79 Å². The van der Waals surface area contributed by atoms with E-state index in [0.717, 1.165) is 12.1 Å². The molecule has 2 amide bonds. The Kier molecular flexibility index (Phi) is 3.57. The molecule has 0 aromatic heterocycles. The zero-order valence-corrected chi connectivity index (χ0v) is 12.5. The summed E-state index contributed by atoms with van der Waals surface area (Å²) in [5, 5.41) is 2.27. The van der Waals surface area contributed by atoms with E-state index in [1.807, 2.05) is 13.8 Å².